The first kappa shape index (κ1) is 22.6. The Balaban J connectivity index is 1.50. The maximum atomic E-state index is 13.3. The van der Waals surface area contributed by atoms with E-state index >= 15 is 0 Å². The highest BCUT2D eigenvalue weighted by Crippen LogP contribution is 2.35. The van der Waals surface area contributed by atoms with Crippen LogP contribution in [0.25, 0.3) is 6.08 Å². The van der Waals surface area contributed by atoms with Crippen LogP contribution >= 0.6 is 0 Å². The molecule has 4 heteroatoms. The van der Waals surface area contributed by atoms with Gasteiger partial charge in [-0.1, -0.05) is 73.2 Å². The predicted molar refractivity (Wildman–Crippen MR) is 133 cm³/mol. The summed E-state index contributed by atoms with van der Waals surface area (Å²) >= 11 is 0. The fourth-order valence-corrected chi connectivity index (χ4v) is 5.12. The molecule has 1 atom stereocenters. The number of carbonyl (C=O) groups excluding carboxylic acids is 1. The number of benzene rings is 2. The van der Waals surface area contributed by atoms with Crippen molar-refractivity contribution in [1.29, 1.82) is 0 Å². The molecule has 4 nitrogen and oxygen atoms in total. The van der Waals surface area contributed by atoms with Gasteiger partial charge in [0.05, 0.1) is 0 Å². The van der Waals surface area contributed by atoms with E-state index in [4.69, 9.17) is 0 Å². The van der Waals surface area contributed by atoms with Crippen LogP contribution in [0.1, 0.15) is 50.7 Å². The van der Waals surface area contributed by atoms with Crippen LogP contribution < -0.4 is 5.32 Å². The van der Waals surface area contributed by atoms with Gasteiger partial charge in [-0.25, -0.2) is 4.79 Å². The molecular formula is C28H37N3O. The molecule has 0 aliphatic carbocycles. The van der Waals surface area contributed by atoms with Gasteiger partial charge in [-0.15, -0.1) is 0 Å². The number of hydrogen-bond donors (Lipinski definition) is 1. The van der Waals surface area contributed by atoms with Crippen LogP contribution in [0.4, 0.5) is 4.79 Å². The van der Waals surface area contributed by atoms with E-state index in [1.165, 1.54) is 36.0 Å². The zero-order chi connectivity index (χ0) is 22.4. The van der Waals surface area contributed by atoms with Crippen LogP contribution in [0, 0.1) is 0 Å². The number of urea groups is 1. The van der Waals surface area contributed by atoms with E-state index in [0.29, 0.717) is 19.1 Å². The van der Waals surface area contributed by atoms with Gasteiger partial charge in [0, 0.05) is 24.7 Å². The molecule has 2 fully saturated rings. The number of hydrogen-bond acceptors (Lipinski definition) is 2. The standard InChI is InChI=1S/C28H37N3O/c1-28(2)21-26(30-18-10-5-11-19-30)25(20-24-14-8-4-9-15-24)22-31(28)27(32)29-17-16-23-12-6-3-7-13-23/h3-4,6-9,12-15,20,26H,5,10-11,16-19,21-22H2,1-2H3,(H,29,32)/b25-20+. The van der Waals surface area contributed by atoms with Gasteiger partial charge in [0.1, 0.15) is 0 Å². The van der Waals surface area contributed by atoms with E-state index in [1.807, 2.05) is 23.1 Å². The lowest BCUT2D eigenvalue weighted by molar-refractivity contribution is 0.0663. The van der Waals surface area contributed by atoms with Crippen LogP contribution in [0.3, 0.4) is 0 Å². The molecule has 2 heterocycles. The van der Waals surface area contributed by atoms with Crippen LogP contribution in [-0.4, -0.2) is 53.6 Å². The number of nitrogens with one attached hydrogen (secondary N) is 1. The van der Waals surface area contributed by atoms with Crippen molar-refractivity contribution in [2.24, 2.45) is 0 Å². The summed E-state index contributed by atoms with van der Waals surface area (Å²) in [4.78, 5) is 18.0. The summed E-state index contributed by atoms with van der Waals surface area (Å²) in [6.45, 7) is 8.11. The van der Waals surface area contributed by atoms with E-state index in [-0.39, 0.29) is 11.6 Å². The number of piperidine rings is 2. The Labute approximate surface area is 193 Å². The fourth-order valence-electron chi connectivity index (χ4n) is 5.12. The van der Waals surface area contributed by atoms with Gasteiger partial charge in [-0.2, -0.15) is 0 Å². The first-order chi connectivity index (χ1) is 15.5. The molecule has 0 saturated carbocycles. The van der Waals surface area contributed by atoms with Crippen molar-refractivity contribution in [2.45, 2.75) is 57.5 Å². The van der Waals surface area contributed by atoms with Crippen LogP contribution in [0.2, 0.25) is 0 Å². The largest absolute Gasteiger partial charge is 0.338 e. The topological polar surface area (TPSA) is 35.6 Å². The van der Waals surface area contributed by atoms with E-state index in [9.17, 15) is 4.79 Å². The minimum absolute atomic E-state index is 0.0435. The van der Waals surface area contributed by atoms with Gasteiger partial charge >= 0.3 is 6.03 Å². The Kier molecular flexibility index (Phi) is 7.31. The van der Waals surface area contributed by atoms with Crippen molar-refractivity contribution >= 4 is 12.1 Å². The average Bonchev–Trinajstić information content (AvgIpc) is 2.81. The number of amides is 2. The third-order valence-electron chi connectivity index (χ3n) is 6.95. The van der Waals surface area contributed by atoms with E-state index in [1.54, 1.807) is 0 Å². The molecule has 2 saturated heterocycles. The lowest BCUT2D eigenvalue weighted by Gasteiger charge is -2.50. The molecule has 4 rings (SSSR count). The minimum atomic E-state index is -0.188. The second kappa shape index (κ2) is 10.4. The minimum Gasteiger partial charge on any atom is -0.338 e. The highest BCUT2D eigenvalue weighted by molar-refractivity contribution is 5.76. The highest BCUT2D eigenvalue weighted by Gasteiger charge is 2.42. The van der Waals surface area contributed by atoms with Gasteiger partial charge in [-0.05, 0) is 69.3 Å². The second-order valence-electron chi connectivity index (χ2n) is 9.81. The summed E-state index contributed by atoms with van der Waals surface area (Å²) < 4.78 is 0. The fraction of sp³-hybridized carbons (Fsp3) is 0.464. The monoisotopic (exact) mass is 431 g/mol. The third kappa shape index (κ3) is 5.60. The zero-order valence-corrected chi connectivity index (χ0v) is 19.6. The maximum Gasteiger partial charge on any atom is 0.318 e. The van der Waals surface area contributed by atoms with Crippen molar-refractivity contribution in [3.8, 4) is 0 Å². The highest BCUT2D eigenvalue weighted by atomic mass is 16.2. The Hall–Kier alpha value is -2.59. The van der Waals surface area contributed by atoms with Gasteiger partial charge in [-0.3, -0.25) is 4.90 Å². The molecule has 2 amide bonds. The summed E-state index contributed by atoms with van der Waals surface area (Å²) in [6, 6.07) is 21.3. The van der Waals surface area contributed by atoms with Crippen molar-refractivity contribution in [3.63, 3.8) is 0 Å². The van der Waals surface area contributed by atoms with E-state index in [0.717, 1.165) is 25.9 Å². The summed E-state index contributed by atoms with van der Waals surface area (Å²) in [6.07, 6.45) is 8.03. The van der Waals surface area contributed by atoms with Gasteiger partial charge in [0.15, 0.2) is 0 Å². The maximum absolute atomic E-state index is 13.3. The molecule has 0 aromatic heterocycles. The molecule has 2 aliphatic heterocycles. The molecule has 1 unspecified atom stereocenters. The first-order valence-electron chi connectivity index (χ1n) is 12.1. The lowest BCUT2D eigenvalue weighted by atomic mass is 9.82. The van der Waals surface area contributed by atoms with Gasteiger partial charge in [0.2, 0.25) is 0 Å². The molecule has 1 N–H and O–H groups in total. The smallest absolute Gasteiger partial charge is 0.318 e. The van der Waals surface area contributed by atoms with Gasteiger partial charge < -0.3 is 10.2 Å². The Morgan fingerprint density at radius 2 is 1.66 bits per heavy atom. The zero-order valence-electron chi connectivity index (χ0n) is 19.6. The molecule has 0 spiro atoms. The molecule has 0 bridgehead atoms. The molecule has 32 heavy (non-hydrogen) atoms. The van der Waals surface area contributed by atoms with Gasteiger partial charge in [0.25, 0.3) is 0 Å². The van der Waals surface area contributed by atoms with Crippen LogP contribution in [0.5, 0.6) is 0 Å². The number of likely N-dealkylation sites (tertiary alicyclic amines) is 2. The summed E-state index contributed by atoms with van der Waals surface area (Å²) in [5, 5.41) is 3.18. The normalized spacial score (nSPS) is 22.6. The van der Waals surface area contributed by atoms with E-state index in [2.05, 4.69) is 72.6 Å². The Bertz CT molecular complexity index is 901. The molecule has 2 aromatic carbocycles. The number of rotatable bonds is 5. The number of carbonyl (C=O) groups is 1. The Morgan fingerprint density at radius 3 is 2.34 bits per heavy atom. The van der Waals surface area contributed by atoms with Crippen molar-refractivity contribution in [3.05, 3.63) is 77.4 Å². The SMILES string of the molecule is CC1(C)CC(N2CCCCC2)/C(=C/c2ccccc2)CN1C(=O)NCCc1ccccc1. The first-order valence-corrected chi connectivity index (χ1v) is 12.1. The molecule has 170 valence electrons. The molecular weight excluding hydrogens is 394 g/mol. The number of nitrogens with zero attached hydrogens (tertiary/aromatic N) is 2. The van der Waals surface area contributed by atoms with E-state index < -0.39 is 0 Å². The summed E-state index contributed by atoms with van der Waals surface area (Å²) in [7, 11) is 0. The van der Waals surface area contributed by atoms with Crippen molar-refractivity contribution < 1.29 is 4.79 Å². The van der Waals surface area contributed by atoms with Crippen molar-refractivity contribution in [1.82, 2.24) is 15.1 Å². The predicted octanol–water partition coefficient (Wildman–Crippen LogP) is 5.36. The average molecular weight is 432 g/mol. The quantitative estimate of drug-likeness (QED) is 0.692. The molecule has 2 aliphatic rings. The summed E-state index contributed by atoms with van der Waals surface area (Å²) in [5.41, 5.74) is 3.64. The molecule has 0 radical (unpaired) electrons. The van der Waals surface area contributed by atoms with Crippen LogP contribution in [-0.2, 0) is 6.42 Å². The summed E-state index contributed by atoms with van der Waals surface area (Å²) in [5.74, 6) is 0. The second-order valence-corrected chi connectivity index (χ2v) is 9.81. The van der Waals surface area contributed by atoms with Crippen LogP contribution in [0.15, 0.2) is 66.2 Å². The third-order valence-corrected chi connectivity index (χ3v) is 6.95. The van der Waals surface area contributed by atoms with Crippen molar-refractivity contribution in [2.75, 3.05) is 26.2 Å². The Morgan fingerprint density at radius 1 is 1.00 bits per heavy atom. The molecule has 2 aromatic rings. The lowest BCUT2D eigenvalue weighted by Crippen LogP contribution is -2.61.